The van der Waals surface area contributed by atoms with Crippen molar-refractivity contribution in [3.8, 4) is 0 Å². The second-order valence-electron chi connectivity index (χ2n) is 2.29. The Kier molecular flexibility index (Phi) is 7.78. The van der Waals surface area contributed by atoms with Crippen molar-refractivity contribution >= 4 is 18.0 Å². The van der Waals surface area contributed by atoms with E-state index in [1.807, 2.05) is 5.32 Å². The molecule has 0 aromatic heterocycles. The summed E-state index contributed by atoms with van der Waals surface area (Å²) in [6, 6.07) is -2.44. The largest absolute Gasteiger partial charge is 2.00 e. The molecule has 0 heterocycles. The Bertz CT molecular complexity index is 232. The van der Waals surface area contributed by atoms with Crippen LogP contribution in [0.25, 0.3) is 0 Å². The Labute approximate surface area is 90.1 Å². The van der Waals surface area contributed by atoms with Crippen LogP contribution in [-0.2, 0) is 26.7 Å². The topological polar surface area (TPSA) is 135 Å². The van der Waals surface area contributed by atoms with E-state index in [1.54, 1.807) is 0 Å². The van der Waals surface area contributed by atoms with Gasteiger partial charge in [-0.2, -0.15) is 0 Å². The molecule has 8 heteroatoms. The molecule has 0 aromatic carbocycles. The monoisotopic (exact) mass is 243 g/mol. The van der Waals surface area contributed by atoms with Crippen LogP contribution in [0, 0.1) is 0 Å². The summed E-state index contributed by atoms with van der Waals surface area (Å²) < 4.78 is 0. The van der Waals surface area contributed by atoms with E-state index in [2.05, 4.69) is 5.73 Å². The van der Waals surface area contributed by atoms with Gasteiger partial charge in [-0.3, -0.25) is 0 Å². The van der Waals surface area contributed by atoms with Gasteiger partial charge in [0.15, 0.2) is 0 Å². The van der Waals surface area contributed by atoms with Crippen LogP contribution in [0.2, 0.25) is 0 Å². The first-order valence-corrected chi connectivity index (χ1v) is 3.40. The number of aliphatic carboxylic acids is 2. The van der Waals surface area contributed by atoms with Gasteiger partial charge in [-0.25, -0.2) is 4.79 Å². The van der Waals surface area contributed by atoms with Gasteiger partial charge < -0.3 is 30.9 Å². The first-order chi connectivity index (χ1) is 5.93. The number of nitrogens with two attached hydrogens (primary N) is 1. The fraction of sp³-hybridized carbons (Fsp3) is 0.500. The van der Waals surface area contributed by atoms with Crippen molar-refractivity contribution in [2.75, 3.05) is 0 Å². The number of nitrogens with one attached hydrogen (secondary N) is 1. The summed E-state index contributed by atoms with van der Waals surface area (Å²) in [7, 11) is 0. The summed E-state index contributed by atoms with van der Waals surface area (Å²) >= 11 is 0. The van der Waals surface area contributed by atoms with E-state index >= 15 is 0 Å². The maximum absolute atomic E-state index is 10.3. The normalized spacial score (nSPS) is 10.9. The number of amides is 2. The number of carbonyl (C=O) groups is 3. The molecule has 0 aromatic rings. The number of rotatable bonds is 5. The Morgan fingerprint density at radius 1 is 1.29 bits per heavy atom. The van der Waals surface area contributed by atoms with E-state index in [0.717, 1.165) is 0 Å². The van der Waals surface area contributed by atoms with E-state index < -0.39 is 30.4 Å². The van der Waals surface area contributed by atoms with Crippen LogP contribution in [-0.4, -0.2) is 24.0 Å². The minimum Gasteiger partial charge on any atom is -0.550 e. The van der Waals surface area contributed by atoms with Crippen molar-refractivity contribution < 1.29 is 41.7 Å². The zero-order valence-corrected chi connectivity index (χ0v) is 8.17. The maximum Gasteiger partial charge on any atom is 2.00 e. The van der Waals surface area contributed by atoms with Gasteiger partial charge in [0.05, 0.1) is 12.0 Å². The Morgan fingerprint density at radius 2 is 1.79 bits per heavy atom. The maximum atomic E-state index is 10.3. The molecule has 1 atom stereocenters. The standard InChI is InChI=1S/C6H10N2O5.Mn/c7-6(13)8-3(5(11)12)1-2-4(9)10;/h3H,1-2H2,(H,9,10)(H,11,12)(H3,7,8,13);/q;+2/p-2/t3-;/m1./s1. The van der Waals surface area contributed by atoms with Crippen LogP contribution >= 0.6 is 0 Å². The molecule has 7 nitrogen and oxygen atoms in total. The molecular formula is C6H8MnN2O5. The second-order valence-corrected chi connectivity index (χ2v) is 2.29. The van der Waals surface area contributed by atoms with Gasteiger partial charge in [-0.15, -0.1) is 0 Å². The van der Waals surface area contributed by atoms with Gasteiger partial charge in [-0.05, 0) is 12.8 Å². The third-order valence-corrected chi connectivity index (χ3v) is 1.24. The van der Waals surface area contributed by atoms with Crippen LogP contribution in [0.1, 0.15) is 12.8 Å². The second kappa shape index (κ2) is 7.16. The van der Waals surface area contributed by atoms with Gasteiger partial charge in [-0.1, -0.05) is 0 Å². The number of hydrogen-bond donors (Lipinski definition) is 2. The minimum absolute atomic E-state index is 0. The van der Waals surface area contributed by atoms with E-state index in [1.165, 1.54) is 0 Å². The van der Waals surface area contributed by atoms with Crippen LogP contribution in [0.4, 0.5) is 4.79 Å². The molecule has 14 heavy (non-hydrogen) atoms. The van der Waals surface area contributed by atoms with Crippen molar-refractivity contribution in [1.82, 2.24) is 5.32 Å². The molecular weight excluding hydrogens is 235 g/mol. The molecule has 0 aliphatic heterocycles. The Morgan fingerprint density at radius 3 is 2.07 bits per heavy atom. The molecule has 0 rings (SSSR count). The van der Waals surface area contributed by atoms with Gasteiger partial charge in [0.2, 0.25) is 0 Å². The third kappa shape index (κ3) is 7.38. The van der Waals surface area contributed by atoms with E-state index in [9.17, 15) is 24.6 Å². The molecule has 0 spiro atoms. The van der Waals surface area contributed by atoms with Crippen molar-refractivity contribution in [2.45, 2.75) is 18.9 Å². The smallest absolute Gasteiger partial charge is 0.550 e. The third-order valence-electron chi connectivity index (χ3n) is 1.24. The summed E-state index contributed by atoms with van der Waals surface area (Å²) in [5.41, 5.74) is 4.63. The zero-order valence-electron chi connectivity index (χ0n) is 6.99. The molecule has 0 bridgehead atoms. The molecule has 0 saturated carbocycles. The number of primary amides is 1. The Hall–Kier alpha value is -1.27. The summed E-state index contributed by atoms with van der Waals surface area (Å²) in [6.45, 7) is 0. The number of carboxylic acids is 2. The molecule has 0 aliphatic rings. The fourth-order valence-electron chi connectivity index (χ4n) is 0.683. The van der Waals surface area contributed by atoms with E-state index in [-0.39, 0.29) is 23.5 Å². The van der Waals surface area contributed by atoms with Crippen molar-refractivity contribution in [3.05, 3.63) is 0 Å². The van der Waals surface area contributed by atoms with Gasteiger partial charge in [0.1, 0.15) is 0 Å². The van der Waals surface area contributed by atoms with Crippen molar-refractivity contribution in [3.63, 3.8) is 0 Å². The van der Waals surface area contributed by atoms with Gasteiger partial charge in [0.25, 0.3) is 0 Å². The van der Waals surface area contributed by atoms with E-state index in [4.69, 9.17) is 0 Å². The number of carbonyl (C=O) groups excluding carboxylic acids is 3. The zero-order chi connectivity index (χ0) is 10.4. The fourth-order valence-corrected chi connectivity index (χ4v) is 0.683. The van der Waals surface area contributed by atoms with Crippen LogP contribution < -0.4 is 21.3 Å². The summed E-state index contributed by atoms with van der Waals surface area (Å²) in [6.07, 6.45) is -0.799. The molecule has 0 fully saturated rings. The van der Waals surface area contributed by atoms with Crippen LogP contribution in [0.15, 0.2) is 0 Å². The summed E-state index contributed by atoms with van der Waals surface area (Å²) in [5.74, 6) is -2.99. The predicted molar refractivity (Wildman–Crippen MR) is 35.8 cm³/mol. The molecule has 0 unspecified atom stereocenters. The van der Waals surface area contributed by atoms with E-state index in [0.29, 0.717) is 0 Å². The average Bonchev–Trinajstić information content (AvgIpc) is 1.96. The summed E-state index contributed by atoms with van der Waals surface area (Å²) in [4.78, 5) is 30.4. The predicted octanol–water partition coefficient (Wildman–Crippen LogP) is -3.70. The van der Waals surface area contributed by atoms with Crippen LogP contribution in [0.3, 0.4) is 0 Å². The van der Waals surface area contributed by atoms with Gasteiger partial charge >= 0.3 is 23.1 Å². The Balaban J connectivity index is 0. The number of carboxylic acid groups (broad SMARTS) is 2. The first-order valence-electron chi connectivity index (χ1n) is 3.40. The van der Waals surface area contributed by atoms with Crippen molar-refractivity contribution in [1.29, 1.82) is 0 Å². The van der Waals surface area contributed by atoms with Crippen molar-refractivity contribution in [2.24, 2.45) is 5.73 Å². The minimum atomic E-state index is -1.58. The summed E-state index contributed by atoms with van der Waals surface area (Å²) in [5, 5.41) is 22.0. The molecule has 2 amide bonds. The van der Waals surface area contributed by atoms with Gasteiger partial charge in [0, 0.05) is 5.97 Å². The SMILES string of the molecule is NC(=O)N[C@H](CCC(=O)[O-])C(=O)[O-].[Mn+2]. The molecule has 1 radical (unpaired) electrons. The first kappa shape index (κ1) is 15.2. The molecule has 0 aliphatic carbocycles. The molecule has 3 N–H and O–H groups in total. The van der Waals surface area contributed by atoms with Crippen LogP contribution in [0.5, 0.6) is 0 Å². The quantitative estimate of drug-likeness (QED) is 0.479. The molecule has 0 saturated heterocycles. The average molecular weight is 243 g/mol. The molecule has 79 valence electrons. The number of hydrogen-bond acceptors (Lipinski definition) is 5. The number of urea groups is 1.